The average molecular weight is 372 g/mol. The summed E-state index contributed by atoms with van der Waals surface area (Å²) in [4.78, 5) is 21.0. The molecule has 0 saturated carbocycles. The highest BCUT2D eigenvalue weighted by atomic mass is 19.1. The van der Waals surface area contributed by atoms with Crippen LogP contribution < -0.4 is 5.32 Å². The van der Waals surface area contributed by atoms with Crippen molar-refractivity contribution in [2.24, 2.45) is 4.99 Å². The topological polar surface area (TPSA) is 61.1 Å². The fourth-order valence-electron chi connectivity index (χ4n) is 3.09. The Kier molecular flexibility index (Phi) is 6.46. The first-order valence-electron chi connectivity index (χ1n) is 9.28. The normalized spacial score (nSPS) is 15.1. The molecule has 7 heteroatoms. The second kappa shape index (κ2) is 9.21. The molecule has 1 aromatic heterocycles. The molecule has 27 heavy (non-hydrogen) atoms. The van der Waals surface area contributed by atoms with E-state index in [2.05, 4.69) is 15.2 Å². The highest BCUT2D eigenvalue weighted by molar-refractivity contribution is 5.91. The average Bonchev–Trinajstić information content (AvgIpc) is 3.22. The first-order chi connectivity index (χ1) is 13.2. The Balaban J connectivity index is 1.55. The van der Waals surface area contributed by atoms with Gasteiger partial charge in [-0.15, -0.1) is 0 Å². The van der Waals surface area contributed by atoms with E-state index in [1.54, 1.807) is 29.2 Å². The number of carbonyl (C=O) groups excluding carboxylic acids is 1. The van der Waals surface area contributed by atoms with E-state index in [-0.39, 0.29) is 11.7 Å². The van der Waals surface area contributed by atoms with Gasteiger partial charge in [-0.3, -0.25) is 9.79 Å². The minimum absolute atomic E-state index is 0.0762. The monoisotopic (exact) mass is 372 g/mol. The fraction of sp³-hybridized carbons (Fsp3) is 0.400. The van der Waals surface area contributed by atoms with Crippen LogP contribution >= 0.6 is 0 Å². The summed E-state index contributed by atoms with van der Waals surface area (Å²) in [5.41, 5.74) is 0.934. The third-order valence-corrected chi connectivity index (χ3v) is 4.48. The second-order valence-corrected chi connectivity index (χ2v) is 6.37. The number of guanidine groups is 1. The van der Waals surface area contributed by atoms with E-state index in [0.717, 1.165) is 18.1 Å². The Morgan fingerprint density at radius 3 is 2.63 bits per heavy atom. The molecule has 0 unspecified atom stereocenters. The molecular weight excluding hydrogens is 347 g/mol. The molecule has 2 heterocycles. The molecule has 0 atom stereocenters. The predicted molar refractivity (Wildman–Crippen MR) is 102 cm³/mol. The molecule has 1 N–H and O–H groups in total. The van der Waals surface area contributed by atoms with Crippen LogP contribution in [-0.2, 0) is 6.42 Å². The Labute approximate surface area is 158 Å². The van der Waals surface area contributed by atoms with Crippen molar-refractivity contribution in [1.29, 1.82) is 0 Å². The van der Waals surface area contributed by atoms with E-state index in [1.165, 1.54) is 12.3 Å². The Bertz CT molecular complexity index is 768. The van der Waals surface area contributed by atoms with E-state index in [0.29, 0.717) is 44.9 Å². The van der Waals surface area contributed by atoms with E-state index < -0.39 is 0 Å². The van der Waals surface area contributed by atoms with Gasteiger partial charge in [0.05, 0.1) is 6.26 Å². The van der Waals surface area contributed by atoms with Gasteiger partial charge in [0.25, 0.3) is 5.91 Å². The van der Waals surface area contributed by atoms with Gasteiger partial charge in [-0.05, 0) is 43.2 Å². The molecule has 0 radical (unpaired) electrons. The molecule has 1 aliphatic heterocycles. The number of carbonyl (C=O) groups is 1. The zero-order chi connectivity index (χ0) is 19.1. The Morgan fingerprint density at radius 1 is 1.19 bits per heavy atom. The number of benzene rings is 1. The number of hydrogen-bond donors (Lipinski definition) is 1. The smallest absolute Gasteiger partial charge is 0.289 e. The van der Waals surface area contributed by atoms with Gasteiger partial charge in [-0.2, -0.15) is 0 Å². The van der Waals surface area contributed by atoms with Crippen LogP contribution in [0.15, 0.2) is 52.1 Å². The summed E-state index contributed by atoms with van der Waals surface area (Å²) in [6.45, 7) is 6.03. The van der Waals surface area contributed by atoms with E-state index in [9.17, 15) is 9.18 Å². The van der Waals surface area contributed by atoms with Crippen LogP contribution in [0.5, 0.6) is 0 Å². The second-order valence-electron chi connectivity index (χ2n) is 6.37. The molecule has 6 nitrogen and oxygen atoms in total. The first-order valence-corrected chi connectivity index (χ1v) is 9.28. The van der Waals surface area contributed by atoms with E-state index in [4.69, 9.17) is 4.42 Å². The van der Waals surface area contributed by atoms with Crippen LogP contribution in [0.1, 0.15) is 23.0 Å². The largest absolute Gasteiger partial charge is 0.459 e. The summed E-state index contributed by atoms with van der Waals surface area (Å²) in [5, 5.41) is 3.30. The van der Waals surface area contributed by atoms with Crippen molar-refractivity contribution in [2.75, 3.05) is 39.3 Å². The Hall–Kier alpha value is -2.83. The van der Waals surface area contributed by atoms with Crippen LogP contribution in [0, 0.1) is 5.82 Å². The standard InChI is InChI=1S/C20H25FN4O2/c1-2-22-20(23-9-8-16-5-3-6-17(21)15-16)25-12-10-24(11-13-25)19(26)18-7-4-14-27-18/h3-7,14-15H,2,8-13H2,1H3,(H,22,23). The van der Waals surface area contributed by atoms with Gasteiger partial charge in [-0.25, -0.2) is 4.39 Å². The van der Waals surface area contributed by atoms with Crippen LogP contribution in [0.3, 0.4) is 0 Å². The molecule has 0 bridgehead atoms. The molecular formula is C20H25FN4O2. The summed E-state index contributed by atoms with van der Waals surface area (Å²) in [6.07, 6.45) is 2.20. The third kappa shape index (κ3) is 5.09. The van der Waals surface area contributed by atoms with Gasteiger partial charge < -0.3 is 19.5 Å². The summed E-state index contributed by atoms with van der Waals surface area (Å²) in [6, 6.07) is 10.0. The summed E-state index contributed by atoms with van der Waals surface area (Å²) in [7, 11) is 0. The van der Waals surface area contributed by atoms with Crippen molar-refractivity contribution in [1.82, 2.24) is 15.1 Å². The van der Waals surface area contributed by atoms with Gasteiger partial charge in [0.15, 0.2) is 11.7 Å². The lowest BCUT2D eigenvalue weighted by molar-refractivity contribution is 0.0657. The zero-order valence-corrected chi connectivity index (χ0v) is 15.5. The van der Waals surface area contributed by atoms with Crippen molar-refractivity contribution < 1.29 is 13.6 Å². The first kappa shape index (κ1) is 18.9. The summed E-state index contributed by atoms with van der Waals surface area (Å²) in [5.74, 6) is 0.909. The summed E-state index contributed by atoms with van der Waals surface area (Å²) >= 11 is 0. The molecule has 3 rings (SSSR count). The van der Waals surface area contributed by atoms with Crippen molar-refractivity contribution in [3.8, 4) is 0 Å². The lowest BCUT2D eigenvalue weighted by Gasteiger charge is -2.36. The maximum Gasteiger partial charge on any atom is 0.289 e. The summed E-state index contributed by atoms with van der Waals surface area (Å²) < 4.78 is 18.5. The molecule has 1 amide bonds. The van der Waals surface area contributed by atoms with Crippen LogP contribution in [0.25, 0.3) is 0 Å². The number of halogens is 1. The van der Waals surface area contributed by atoms with Crippen LogP contribution in [0.4, 0.5) is 4.39 Å². The quantitative estimate of drug-likeness (QED) is 0.647. The minimum Gasteiger partial charge on any atom is -0.459 e. The zero-order valence-electron chi connectivity index (χ0n) is 15.5. The maximum atomic E-state index is 13.3. The highest BCUT2D eigenvalue weighted by Crippen LogP contribution is 2.10. The van der Waals surface area contributed by atoms with Crippen molar-refractivity contribution in [2.45, 2.75) is 13.3 Å². The molecule has 1 aliphatic rings. The maximum absolute atomic E-state index is 13.3. The van der Waals surface area contributed by atoms with Crippen molar-refractivity contribution >= 4 is 11.9 Å². The SMILES string of the molecule is CCNC(=NCCc1cccc(F)c1)N1CCN(C(=O)c2ccco2)CC1. The molecule has 144 valence electrons. The fourth-order valence-corrected chi connectivity index (χ4v) is 3.09. The van der Waals surface area contributed by atoms with Crippen molar-refractivity contribution in [3.63, 3.8) is 0 Å². The number of aliphatic imine (C=N–C) groups is 1. The number of amides is 1. The number of rotatable bonds is 5. The van der Waals surface area contributed by atoms with Gasteiger partial charge in [-0.1, -0.05) is 12.1 Å². The molecule has 0 aliphatic carbocycles. The number of furan rings is 1. The van der Waals surface area contributed by atoms with Crippen LogP contribution in [0.2, 0.25) is 0 Å². The van der Waals surface area contributed by atoms with Gasteiger partial charge in [0.1, 0.15) is 5.82 Å². The van der Waals surface area contributed by atoms with Gasteiger partial charge >= 0.3 is 0 Å². The van der Waals surface area contributed by atoms with Crippen molar-refractivity contribution in [3.05, 3.63) is 59.8 Å². The van der Waals surface area contributed by atoms with E-state index in [1.807, 2.05) is 13.0 Å². The molecule has 1 fully saturated rings. The number of nitrogens with zero attached hydrogens (tertiary/aromatic N) is 3. The lowest BCUT2D eigenvalue weighted by Crippen LogP contribution is -2.53. The van der Waals surface area contributed by atoms with Gasteiger partial charge in [0.2, 0.25) is 0 Å². The lowest BCUT2D eigenvalue weighted by atomic mass is 10.1. The van der Waals surface area contributed by atoms with Crippen LogP contribution in [-0.4, -0.2) is 60.9 Å². The minimum atomic E-state index is -0.222. The molecule has 0 spiro atoms. The predicted octanol–water partition coefficient (Wildman–Crippen LogP) is 2.38. The molecule has 1 aromatic carbocycles. The Morgan fingerprint density at radius 2 is 1.96 bits per heavy atom. The number of hydrogen-bond acceptors (Lipinski definition) is 3. The number of nitrogens with one attached hydrogen (secondary N) is 1. The third-order valence-electron chi connectivity index (χ3n) is 4.48. The molecule has 1 saturated heterocycles. The molecule has 2 aromatic rings. The number of piperazine rings is 1. The highest BCUT2D eigenvalue weighted by Gasteiger charge is 2.25. The van der Waals surface area contributed by atoms with E-state index >= 15 is 0 Å². The van der Waals surface area contributed by atoms with Gasteiger partial charge in [0, 0.05) is 39.3 Å².